The number of aryl methyl sites for hydroxylation is 2. The minimum atomic E-state index is -0.154. The van der Waals surface area contributed by atoms with Crippen molar-refractivity contribution < 1.29 is 4.79 Å². The van der Waals surface area contributed by atoms with Crippen molar-refractivity contribution in [2.24, 2.45) is 0 Å². The lowest BCUT2D eigenvalue weighted by molar-refractivity contribution is -0.120. The molecule has 0 atom stereocenters. The molecule has 1 amide bonds. The number of nitrogens with one attached hydrogen (secondary N) is 2. The van der Waals surface area contributed by atoms with Crippen molar-refractivity contribution in [1.82, 2.24) is 30.0 Å². The van der Waals surface area contributed by atoms with Gasteiger partial charge in [-0.25, -0.2) is 14.5 Å². The van der Waals surface area contributed by atoms with Gasteiger partial charge in [0.25, 0.3) is 0 Å². The van der Waals surface area contributed by atoms with Crippen LogP contribution in [-0.2, 0) is 11.2 Å². The molecule has 0 bridgehead atoms. The lowest BCUT2D eigenvalue weighted by Crippen LogP contribution is -2.29. The van der Waals surface area contributed by atoms with E-state index in [1.165, 1.54) is 6.20 Å². The Labute approximate surface area is 165 Å². The number of amides is 1. The van der Waals surface area contributed by atoms with Crippen LogP contribution in [0.2, 0.25) is 5.02 Å². The molecule has 0 spiro atoms. The van der Waals surface area contributed by atoms with E-state index >= 15 is 0 Å². The van der Waals surface area contributed by atoms with E-state index in [1.807, 2.05) is 26.0 Å². The Morgan fingerprint density at radius 3 is 2.93 bits per heavy atom. The first-order valence-electron chi connectivity index (χ1n) is 8.78. The quantitative estimate of drug-likeness (QED) is 0.504. The Kier molecular flexibility index (Phi) is 4.79. The standard InChI is InChI=1S/C19H18ClN7O/c1-11-13(5-6-17(28)25-24-16-7-9-21-10-15(16)20)12(2)27-19(23-11)14-4-3-8-22-18(14)26-27/h3-4,7-10H,5-6H2,1-2H3,(H,21,24)(H,25,28). The number of aromatic nitrogens is 5. The maximum Gasteiger partial charge on any atom is 0.238 e. The highest BCUT2D eigenvalue weighted by Gasteiger charge is 2.15. The van der Waals surface area contributed by atoms with Gasteiger partial charge in [-0.05, 0) is 44.0 Å². The lowest BCUT2D eigenvalue weighted by Gasteiger charge is -2.12. The van der Waals surface area contributed by atoms with Crippen LogP contribution in [0.15, 0.2) is 36.8 Å². The summed E-state index contributed by atoms with van der Waals surface area (Å²) in [6.07, 6.45) is 5.65. The number of nitrogens with zero attached hydrogens (tertiary/aromatic N) is 5. The van der Waals surface area contributed by atoms with Crippen LogP contribution in [-0.4, -0.2) is 30.5 Å². The molecule has 4 aromatic heterocycles. The lowest BCUT2D eigenvalue weighted by atomic mass is 10.1. The van der Waals surface area contributed by atoms with Gasteiger partial charge in [-0.1, -0.05) is 11.6 Å². The first kappa shape index (κ1) is 18.1. The summed E-state index contributed by atoms with van der Waals surface area (Å²) in [5, 5.41) is 5.89. The first-order chi connectivity index (χ1) is 13.5. The van der Waals surface area contributed by atoms with Crippen molar-refractivity contribution >= 4 is 39.9 Å². The SMILES string of the molecule is Cc1nc2c3cccnc3nn2c(C)c1CCC(=O)NNc1ccncc1Cl. The van der Waals surface area contributed by atoms with Crippen molar-refractivity contribution in [3.05, 3.63) is 58.8 Å². The Bertz CT molecular complexity index is 1190. The van der Waals surface area contributed by atoms with Crippen molar-refractivity contribution in [2.75, 3.05) is 5.43 Å². The summed E-state index contributed by atoms with van der Waals surface area (Å²) in [7, 11) is 0. The molecule has 0 unspecified atom stereocenters. The van der Waals surface area contributed by atoms with Crippen molar-refractivity contribution in [3.8, 4) is 0 Å². The summed E-state index contributed by atoms with van der Waals surface area (Å²) in [5.41, 5.74) is 10.3. The van der Waals surface area contributed by atoms with E-state index in [0.717, 1.165) is 28.0 Å². The van der Waals surface area contributed by atoms with Gasteiger partial charge in [0.1, 0.15) is 0 Å². The second-order valence-electron chi connectivity index (χ2n) is 6.40. The largest absolute Gasteiger partial charge is 0.297 e. The third kappa shape index (κ3) is 3.34. The number of carbonyl (C=O) groups is 1. The fourth-order valence-electron chi connectivity index (χ4n) is 3.14. The Morgan fingerprint density at radius 2 is 2.11 bits per heavy atom. The number of halogens is 1. The Hall–Kier alpha value is -3.26. The van der Waals surface area contributed by atoms with Crippen LogP contribution in [0, 0.1) is 13.8 Å². The average molecular weight is 396 g/mol. The van der Waals surface area contributed by atoms with Gasteiger partial charge in [0.15, 0.2) is 11.3 Å². The number of hydrogen-bond donors (Lipinski definition) is 2. The van der Waals surface area contributed by atoms with Crippen molar-refractivity contribution in [3.63, 3.8) is 0 Å². The van der Waals surface area contributed by atoms with Gasteiger partial charge in [-0.3, -0.25) is 20.6 Å². The highest BCUT2D eigenvalue weighted by atomic mass is 35.5. The second kappa shape index (κ2) is 7.40. The number of hydrazine groups is 1. The van der Waals surface area contributed by atoms with E-state index in [0.29, 0.717) is 29.2 Å². The molecule has 0 saturated carbocycles. The molecular formula is C19H18ClN7O. The highest BCUT2D eigenvalue weighted by molar-refractivity contribution is 6.33. The predicted molar refractivity (Wildman–Crippen MR) is 107 cm³/mol. The summed E-state index contributed by atoms with van der Waals surface area (Å²) >= 11 is 6.01. The fraction of sp³-hybridized carbons (Fsp3) is 0.211. The van der Waals surface area contributed by atoms with Gasteiger partial charge in [-0.15, -0.1) is 5.10 Å². The minimum absolute atomic E-state index is 0.154. The van der Waals surface area contributed by atoms with E-state index < -0.39 is 0 Å². The molecule has 2 N–H and O–H groups in total. The molecule has 8 nitrogen and oxygen atoms in total. The van der Waals surface area contributed by atoms with Crippen molar-refractivity contribution in [1.29, 1.82) is 0 Å². The molecule has 28 heavy (non-hydrogen) atoms. The molecule has 9 heteroatoms. The minimum Gasteiger partial charge on any atom is -0.297 e. The Morgan fingerprint density at radius 1 is 1.25 bits per heavy atom. The van der Waals surface area contributed by atoms with E-state index in [2.05, 4.69) is 25.9 Å². The summed E-state index contributed by atoms with van der Waals surface area (Å²) in [6.45, 7) is 3.93. The van der Waals surface area contributed by atoms with Crippen molar-refractivity contribution in [2.45, 2.75) is 26.7 Å². The van der Waals surface area contributed by atoms with Crippen LogP contribution in [0.4, 0.5) is 5.69 Å². The fourth-order valence-corrected chi connectivity index (χ4v) is 3.31. The predicted octanol–water partition coefficient (Wildman–Crippen LogP) is 3.02. The van der Waals surface area contributed by atoms with Crippen LogP contribution in [0.3, 0.4) is 0 Å². The normalized spacial score (nSPS) is 11.1. The maximum absolute atomic E-state index is 12.2. The van der Waals surface area contributed by atoms with Gasteiger partial charge in [-0.2, -0.15) is 0 Å². The van der Waals surface area contributed by atoms with E-state index in [9.17, 15) is 4.79 Å². The van der Waals surface area contributed by atoms with E-state index in [-0.39, 0.29) is 5.91 Å². The van der Waals surface area contributed by atoms with Crippen LogP contribution in [0.1, 0.15) is 23.4 Å². The van der Waals surface area contributed by atoms with Crippen LogP contribution in [0.25, 0.3) is 16.7 Å². The second-order valence-corrected chi connectivity index (χ2v) is 6.81. The summed E-state index contributed by atoms with van der Waals surface area (Å²) < 4.78 is 1.80. The Balaban J connectivity index is 1.51. The number of rotatable bonds is 5. The third-order valence-corrected chi connectivity index (χ3v) is 4.90. The molecule has 4 rings (SSSR count). The molecule has 4 heterocycles. The average Bonchev–Trinajstić information content (AvgIpc) is 3.06. The third-order valence-electron chi connectivity index (χ3n) is 4.60. The maximum atomic E-state index is 12.2. The molecule has 0 fully saturated rings. The number of hydrogen-bond acceptors (Lipinski definition) is 6. The summed E-state index contributed by atoms with van der Waals surface area (Å²) in [6, 6.07) is 5.52. The number of pyridine rings is 2. The molecule has 0 aromatic carbocycles. The zero-order valence-electron chi connectivity index (χ0n) is 15.4. The van der Waals surface area contributed by atoms with Gasteiger partial charge in [0.05, 0.1) is 16.1 Å². The number of carbonyl (C=O) groups excluding carboxylic acids is 1. The zero-order valence-corrected chi connectivity index (χ0v) is 16.2. The topological polar surface area (TPSA) is 97.1 Å². The number of fused-ring (bicyclic) bond motifs is 3. The molecule has 0 aliphatic heterocycles. The monoisotopic (exact) mass is 395 g/mol. The molecule has 0 aliphatic carbocycles. The van der Waals surface area contributed by atoms with E-state index in [4.69, 9.17) is 16.6 Å². The van der Waals surface area contributed by atoms with Gasteiger partial charge < -0.3 is 0 Å². The number of anilines is 1. The van der Waals surface area contributed by atoms with Gasteiger partial charge in [0, 0.05) is 36.4 Å². The zero-order chi connectivity index (χ0) is 19.7. The molecular weight excluding hydrogens is 378 g/mol. The summed E-state index contributed by atoms with van der Waals surface area (Å²) in [5.74, 6) is -0.154. The molecule has 0 radical (unpaired) electrons. The first-order valence-corrected chi connectivity index (χ1v) is 9.16. The smallest absolute Gasteiger partial charge is 0.238 e. The summed E-state index contributed by atoms with van der Waals surface area (Å²) in [4.78, 5) is 25.1. The van der Waals surface area contributed by atoms with Crippen LogP contribution >= 0.6 is 11.6 Å². The van der Waals surface area contributed by atoms with Crippen LogP contribution in [0.5, 0.6) is 0 Å². The van der Waals surface area contributed by atoms with Gasteiger partial charge >= 0.3 is 0 Å². The molecule has 4 aromatic rings. The molecule has 0 aliphatic rings. The molecule has 0 saturated heterocycles. The van der Waals surface area contributed by atoms with E-state index in [1.54, 1.807) is 23.0 Å². The molecule has 142 valence electrons. The highest BCUT2D eigenvalue weighted by Crippen LogP contribution is 2.22. The van der Waals surface area contributed by atoms with Crippen LogP contribution < -0.4 is 10.9 Å². The van der Waals surface area contributed by atoms with Gasteiger partial charge in [0.2, 0.25) is 5.91 Å².